The summed E-state index contributed by atoms with van der Waals surface area (Å²) in [4.78, 5) is 32.2. The van der Waals surface area contributed by atoms with Gasteiger partial charge >= 0.3 is 16.2 Å². The first-order valence-corrected chi connectivity index (χ1v) is 10.0. The van der Waals surface area contributed by atoms with Gasteiger partial charge in [0, 0.05) is 11.5 Å². The summed E-state index contributed by atoms with van der Waals surface area (Å²) >= 11 is 0. The van der Waals surface area contributed by atoms with Gasteiger partial charge in [0.15, 0.2) is 5.78 Å². The van der Waals surface area contributed by atoms with E-state index >= 15 is 0 Å². The van der Waals surface area contributed by atoms with E-state index in [9.17, 15) is 18.0 Å². The molecule has 1 heterocycles. The van der Waals surface area contributed by atoms with Crippen LogP contribution in [0, 0.1) is 5.92 Å². The highest BCUT2D eigenvalue weighted by atomic mass is 32.2. The van der Waals surface area contributed by atoms with Gasteiger partial charge in [0.2, 0.25) is 17.7 Å². The number of nitrogens with zero attached hydrogens (tertiary/aromatic N) is 2. The van der Waals surface area contributed by atoms with Crippen LogP contribution in [-0.2, 0) is 10.2 Å². The summed E-state index contributed by atoms with van der Waals surface area (Å²) in [6, 6.07) is 6.48. The highest BCUT2D eigenvalue weighted by molar-refractivity contribution is 7.91. The van der Waals surface area contributed by atoms with Crippen molar-refractivity contribution < 1.29 is 27.5 Å². The van der Waals surface area contributed by atoms with Gasteiger partial charge in [0.1, 0.15) is 0 Å². The molecular formula is C17H19N5O6S. The fraction of sp³-hybridized carbons (Fsp3) is 0.294. The predicted octanol–water partition coefficient (Wildman–Crippen LogP) is 1.56. The Morgan fingerprint density at radius 1 is 1.07 bits per heavy atom. The molecule has 12 heteroatoms. The van der Waals surface area contributed by atoms with Crippen molar-refractivity contribution in [1.29, 1.82) is 0 Å². The van der Waals surface area contributed by atoms with E-state index in [2.05, 4.69) is 20.0 Å². The Morgan fingerprint density at radius 3 is 2.28 bits per heavy atom. The Hall–Kier alpha value is -3.41. The number of ether oxygens (including phenoxy) is 2. The summed E-state index contributed by atoms with van der Waals surface area (Å²) in [6.45, 7) is 0. The normalized spacial score (nSPS) is 13.3. The van der Waals surface area contributed by atoms with Crippen LogP contribution >= 0.6 is 0 Å². The lowest BCUT2D eigenvalue weighted by Gasteiger charge is -2.13. The number of hydrogen-bond donors (Lipinski definition) is 3. The maximum Gasteiger partial charge on any atom is 0.336 e. The average Bonchev–Trinajstić information content (AvgIpc) is 3.51. The van der Waals surface area contributed by atoms with Gasteiger partial charge in [0.05, 0.1) is 26.0 Å². The van der Waals surface area contributed by atoms with Crippen LogP contribution in [0.5, 0.6) is 11.8 Å². The number of amides is 2. The highest BCUT2D eigenvalue weighted by Crippen LogP contribution is 2.34. The van der Waals surface area contributed by atoms with Crippen molar-refractivity contribution in [2.45, 2.75) is 12.8 Å². The number of anilines is 2. The first kappa shape index (κ1) is 20.3. The minimum Gasteiger partial charge on any atom is -0.481 e. The SMILES string of the molecule is COc1cc(OC)nc(NC(=O)NS(=O)(=O)Nc2ccccc2C(=O)C2CC2)n1. The zero-order chi connectivity index (χ0) is 21.0. The third-order valence-corrected chi connectivity index (χ3v) is 4.88. The lowest BCUT2D eigenvalue weighted by Crippen LogP contribution is -2.38. The first-order valence-electron chi connectivity index (χ1n) is 8.53. The van der Waals surface area contributed by atoms with Crippen molar-refractivity contribution in [3.05, 3.63) is 35.9 Å². The maximum absolute atomic E-state index is 12.3. The molecule has 0 spiro atoms. The van der Waals surface area contributed by atoms with E-state index in [4.69, 9.17) is 9.47 Å². The van der Waals surface area contributed by atoms with E-state index in [1.807, 2.05) is 0 Å². The van der Waals surface area contributed by atoms with Crippen LogP contribution in [0.25, 0.3) is 0 Å². The van der Waals surface area contributed by atoms with E-state index in [1.165, 1.54) is 32.4 Å². The third kappa shape index (κ3) is 5.31. The van der Waals surface area contributed by atoms with Gasteiger partial charge in [-0.1, -0.05) is 12.1 Å². The molecule has 0 bridgehead atoms. The molecule has 1 aliphatic rings. The van der Waals surface area contributed by atoms with E-state index in [0.29, 0.717) is 0 Å². The second-order valence-electron chi connectivity index (χ2n) is 6.12. The molecule has 2 amide bonds. The smallest absolute Gasteiger partial charge is 0.336 e. The number of urea groups is 1. The molecule has 3 N–H and O–H groups in total. The molecule has 0 saturated heterocycles. The fourth-order valence-corrected chi connectivity index (χ4v) is 3.25. The third-order valence-electron chi connectivity index (χ3n) is 3.93. The summed E-state index contributed by atoms with van der Waals surface area (Å²) < 4.78 is 38.5. The monoisotopic (exact) mass is 421 g/mol. The lowest BCUT2D eigenvalue weighted by atomic mass is 10.1. The van der Waals surface area contributed by atoms with Gasteiger partial charge in [-0.3, -0.25) is 14.8 Å². The molecule has 0 atom stereocenters. The topological polar surface area (TPSA) is 149 Å². The minimum atomic E-state index is -4.33. The maximum atomic E-state index is 12.3. The van der Waals surface area contributed by atoms with Gasteiger partial charge in [-0.15, -0.1) is 0 Å². The molecule has 11 nitrogen and oxygen atoms in total. The van der Waals surface area contributed by atoms with Gasteiger partial charge in [0.25, 0.3) is 0 Å². The summed E-state index contributed by atoms with van der Waals surface area (Å²) in [5, 5.41) is 2.18. The number of hydrogen-bond acceptors (Lipinski definition) is 8. The first-order chi connectivity index (χ1) is 13.8. The Balaban J connectivity index is 1.70. The van der Waals surface area contributed by atoms with Crippen molar-refractivity contribution in [1.82, 2.24) is 14.7 Å². The van der Waals surface area contributed by atoms with Crippen LogP contribution in [0.4, 0.5) is 16.4 Å². The molecule has 29 heavy (non-hydrogen) atoms. The Bertz CT molecular complexity index is 1020. The van der Waals surface area contributed by atoms with Crippen molar-refractivity contribution >= 4 is 33.7 Å². The number of ketones is 1. The Labute approximate surface area is 167 Å². The molecule has 0 radical (unpaired) electrons. The second-order valence-corrected chi connectivity index (χ2v) is 7.54. The largest absolute Gasteiger partial charge is 0.481 e. The summed E-state index contributed by atoms with van der Waals surface area (Å²) in [7, 11) is -1.61. The van der Waals surface area contributed by atoms with E-state index in [0.717, 1.165) is 12.8 Å². The van der Waals surface area contributed by atoms with E-state index in [-0.39, 0.29) is 40.7 Å². The van der Waals surface area contributed by atoms with Gasteiger partial charge in [-0.05, 0) is 25.0 Å². The van der Waals surface area contributed by atoms with Gasteiger partial charge < -0.3 is 9.47 Å². The number of Topliss-reactive ketones (excluding diaryl/α,β-unsaturated/α-hetero) is 1. The molecule has 0 unspecified atom stereocenters. The standard InChI is InChI=1S/C17H19N5O6S/c1-27-13-9-14(28-2)19-16(18-13)20-17(24)22-29(25,26)21-12-6-4-3-5-11(12)15(23)10-7-8-10/h3-6,9-10,21H,7-8H2,1-2H3,(H2,18,19,20,22,24). The van der Waals surface area contributed by atoms with Crippen molar-refractivity contribution in [3.63, 3.8) is 0 Å². The number of nitrogens with one attached hydrogen (secondary N) is 3. The van der Waals surface area contributed by atoms with Crippen LogP contribution in [0.2, 0.25) is 0 Å². The molecule has 1 fully saturated rings. The average molecular weight is 421 g/mol. The molecule has 1 aromatic heterocycles. The second kappa shape index (κ2) is 8.31. The van der Waals surface area contributed by atoms with Crippen molar-refractivity contribution in [2.24, 2.45) is 5.92 Å². The molecular weight excluding hydrogens is 402 g/mol. The zero-order valence-corrected chi connectivity index (χ0v) is 16.4. The number of methoxy groups -OCH3 is 2. The van der Waals surface area contributed by atoms with E-state index < -0.39 is 16.2 Å². The molecule has 2 aromatic rings. The minimum absolute atomic E-state index is 0.0860. The Kier molecular flexibility index (Phi) is 5.82. The number of aromatic nitrogens is 2. The molecule has 1 aliphatic carbocycles. The molecule has 154 valence electrons. The van der Waals surface area contributed by atoms with Crippen LogP contribution < -0.4 is 24.2 Å². The summed E-state index contributed by atoms with van der Waals surface area (Å²) in [5.74, 6) is -0.221. The van der Waals surface area contributed by atoms with Crippen LogP contribution in [0.3, 0.4) is 0 Å². The van der Waals surface area contributed by atoms with Gasteiger partial charge in [-0.2, -0.15) is 18.4 Å². The Morgan fingerprint density at radius 2 is 1.69 bits per heavy atom. The zero-order valence-electron chi connectivity index (χ0n) is 15.6. The molecule has 0 aliphatic heterocycles. The summed E-state index contributed by atoms with van der Waals surface area (Å²) in [5.41, 5.74) is 0.339. The highest BCUT2D eigenvalue weighted by Gasteiger charge is 2.32. The quantitative estimate of drug-likeness (QED) is 0.544. The van der Waals surface area contributed by atoms with Crippen LogP contribution in [0.15, 0.2) is 30.3 Å². The van der Waals surface area contributed by atoms with E-state index in [1.54, 1.807) is 16.9 Å². The lowest BCUT2D eigenvalue weighted by molar-refractivity contribution is 0.0968. The van der Waals surface area contributed by atoms with Crippen molar-refractivity contribution in [2.75, 3.05) is 24.3 Å². The van der Waals surface area contributed by atoms with Gasteiger partial charge in [-0.25, -0.2) is 9.52 Å². The number of para-hydroxylation sites is 1. The summed E-state index contributed by atoms with van der Waals surface area (Å²) in [6.07, 6.45) is 1.56. The number of benzene rings is 1. The molecule has 1 saturated carbocycles. The van der Waals surface area contributed by atoms with Crippen LogP contribution in [-0.4, -0.2) is 44.4 Å². The van der Waals surface area contributed by atoms with Crippen molar-refractivity contribution in [3.8, 4) is 11.8 Å². The molecule has 3 rings (SSSR count). The number of carbonyl (C=O) groups excluding carboxylic acids is 2. The predicted molar refractivity (Wildman–Crippen MR) is 103 cm³/mol. The molecule has 1 aromatic carbocycles. The number of rotatable bonds is 8. The fourth-order valence-electron chi connectivity index (χ4n) is 2.44. The number of carbonyl (C=O) groups is 2. The van der Waals surface area contributed by atoms with Crippen LogP contribution in [0.1, 0.15) is 23.2 Å².